The van der Waals surface area contributed by atoms with Gasteiger partial charge in [-0.2, -0.15) is 18.4 Å². The van der Waals surface area contributed by atoms with Crippen LogP contribution < -0.4 is 109 Å². The van der Waals surface area contributed by atoms with Gasteiger partial charge in [0.1, 0.15) is 36.6 Å². The number of hydrogen-bond acceptors (Lipinski definition) is 17. The molecule has 0 aliphatic heterocycles. The molecular weight excluding hydrogens is 799 g/mol. The predicted octanol–water partition coefficient (Wildman–Crippen LogP) is -5.40. The number of benzene rings is 4. The molecule has 0 aliphatic carbocycles. The van der Waals surface area contributed by atoms with Crippen molar-refractivity contribution in [3.05, 3.63) is 77.8 Å². The van der Waals surface area contributed by atoms with E-state index in [4.69, 9.17) is 16.3 Å². The van der Waals surface area contributed by atoms with Crippen LogP contribution in [0.4, 0.5) is 28.7 Å². The Balaban J connectivity index is 0.00000312. The molecule has 0 saturated carbocycles. The van der Waals surface area contributed by atoms with Crippen molar-refractivity contribution in [2.75, 3.05) is 17.7 Å². The van der Waals surface area contributed by atoms with E-state index < -0.39 is 62.2 Å². The predicted molar refractivity (Wildman–Crippen MR) is 168 cm³/mol. The summed E-state index contributed by atoms with van der Waals surface area (Å²) in [6.45, 7) is -0.0914. The quantitative estimate of drug-likeness (QED) is 0.0637. The monoisotopic (exact) mass is 817 g/mol. The molecule has 1 aromatic heterocycles. The molecule has 0 fully saturated rings. The third-order valence-corrected chi connectivity index (χ3v) is 9.22. The van der Waals surface area contributed by atoms with Crippen molar-refractivity contribution in [3.63, 3.8) is 0 Å². The molecule has 0 bridgehead atoms. The number of anilines is 3. The molecule has 3 N–H and O–H groups in total. The Morgan fingerprint density at radius 1 is 0.827 bits per heavy atom. The van der Waals surface area contributed by atoms with Crippen LogP contribution in [0.2, 0.25) is 5.28 Å². The van der Waals surface area contributed by atoms with E-state index >= 15 is 0 Å². The van der Waals surface area contributed by atoms with Crippen molar-refractivity contribution in [2.24, 2.45) is 10.2 Å². The van der Waals surface area contributed by atoms with E-state index in [1.807, 2.05) is 0 Å². The van der Waals surface area contributed by atoms with Gasteiger partial charge in [-0.3, -0.25) is 4.55 Å². The normalized spacial score (nSPS) is 11.6. The average molecular weight is 818 g/mol. The first-order chi connectivity index (χ1) is 22.9. The van der Waals surface area contributed by atoms with Gasteiger partial charge < -0.3 is 29.6 Å². The van der Waals surface area contributed by atoms with Crippen LogP contribution in [0.3, 0.4) is 0 Å². The van der Waals surface area contributed by atoms with Gasteiger partial charge in [-0.05, 0) is 77.0 Å². The number of halogens is 1. The summed E-state index contributed by atoms with van der Waals surface area (Å²) in [6.07, 6.45) is 0. The van der Waals surface area contributed by atoms with Crippen LogP contribution in [0.25, 0.3) is 10.8 Å². The van der Waals surface area contributed by atoms with E-state index in [0.717, 1.165) is 30.3 Å². The maximum Gasteiger partial charge on any atom is 1.00 e. The van der Waals surface area contributed by atoms with Crippen LogP contribution in [-0.2, 0) is 36.9 Å². The van der Waals surface area contributed by atoms with E-state index in [1.54, 1.807) is 0 Å². The summed E-state index contributed by atoms with van der Waals surface area (Å²) >= 11 is 6.02. The molecule has 18 nitrogen and oxygen atoms in total. The molecule has 0 amide bonds. The number of aromatic nitrogens is 3. The molecule has 52 heavy (non-hydrogen) atoms. The van der Waals surface area contributed by atoms with E-state index in [1.165, 1.54) is 43.5 Å². The van der Waals surface area contributed by atoms with E-state index in [9.17, 15) is 44.0 Å². The number of fused-ring (bicyclic) bond motifs is 1. The minimum atomic E-state index is -5.10. The van der Waals surface area contributed by atoms with Crippen LogP contribution in [0, 0.1) is 0 Å². The smallest absolute Gasteiger partial charge is 0.871 e. The summed E-state index contributed by atoms with van der Waals surface area (Å²) in [7, 11) is -13.7. The Morgan fingerprint density at radius 2 is 1.54 bits per heavy atom. The summed E-state index contributed by atoms with van der Waals surface area (Å²) in [5, 5.41) is 26.0. The molecule has 5 aromatic rings. The van der Waals surface area contributed by atoms with Gasteiger partial charge in [0, 0.05) is 11.4 Å². The fourth-order valence-corrected chi connectivity index (χ4v) is 6.29. The van der Waals surface area contributed by atoms with Gasteiger partial charge in [0.2, 0.25) is 11.2 Å². The van der Waals surface area contributed by atoms with Crippen LogP contribution in [0.15, 0.2) is 91.6 Å². The average Bonchev–Trinajstić information content (AvgIpc) is 3.01. The number of ether oxygens (including phenoxy) is 1. The standard InChI is InChI=1S/C27H22ClN7O11S3.3Na/c1-46-17-6-8-20(21(12-17)48(40,41)42)34-35-24-22(49(43,44)45)10-14-9-15(5-7-19(14)25(24)36)29-13-23-31-26(28)33-27(32-23)30-16-3-2-4-18(11-16)47(37,38)39;;;/h2-12,29,36H,13H2,1H3,(H,37,38,39)(H,40,41,42)(H,43,44,45)(H,30,31,32,33);;;/q;3*+1/p-3. The molecule has 0 unspecified atom stereocenters. The maximum absolute atomic E-state index is 13.3. The molecule has 0 saturated heterocycles. The second kappa shape index (κ2) is 18.5. The first kappa shape index (κ1) is 46.1. The SMILES string of the molecule is COc1ccc(N=Nc2c(S(=O)(=O)O)cc3cc(NCc4nc(Cl)nc(Nc5cccc(S(=O)(=O)[O-])c5)n4)ccc3c2[O-])c(S(=O)(=O)[O-])c1.[Na+].[Na+].[Na+]. The zero-order valence-electron chi connectivity index (χ0n) is 27.4. The topological polar surface area (TPSA) is 289 Å². The first-order valence-corrected chi connectivity index (χ1v) is 17.8. The molecule has 0 spiro atoms. The molecule has 5 rings (SSSR count). The Hall–Kier alpha value is -2.03. The Kier molecular flexibility index (Phi) is 16.4. The molecule has 0 radical (unpaired) electrons. The first-order valence-electron chi connectivity index (χ1n) is 13.2. The summed E-state index contributed by atoms with van der Waals surface area (Å²) in [5.41, 5.74) is -0.865. The zero-order valence-corrected chi connectivity index (χ0v) is 36.6. The molecule has 0 atom stereocenters. The van der Waals surface area contributed by atoms with Crippen LogP contribution >= 0.6 is 11.6 Å². The Morgan fingerprint density at radius 3 is 2.17 bits per heavy atom. The Labute approximate surface area is 368 Å². The molecule has 25 heteroatoms. The second-order valence-electron chi connectivity index (χ2n) is 9.76. The van der Waals surface area contributed by atoms with Crippen molar-refractivity contribution in [3.8, 4) is 11.5 Å². The van der Waals surface area contributed by atoms with Crippen LogP contribution in [0.1, 0.15) is 5.82 Å². The van der Waals surface area contributed by atoms with E-state index in [-0.39, 0.29) is 134 Å². The number of rotatable bonds is 11. The van der Waals surface area contributed by atoms with E-state index in [2.05, 4.69) is 35.8 Å². The third-order valence-electron chi connectivity index (χ3n) is 6.49. The van der Waals surface area contributed by atoms with Crippen LogP contribution in [0.5, 0.6) is 11.5 Å². The molecular formula is C27H19ClN7Na3O11S3. The third kappa shape index (κ3) is 11.5. The summed E-state index contributed by atoms with van der Waals surface area (Å²) in [5.74, 6) is -0.980. The fourth-order valence-electron chi connectivity index (χ4n) is 4.31. The van der Waals surface area contributed by atoms with Gasteiger partial charge in [-0.25, -0.2) is 21.8 Å². The minimum Gasteiger partial charge on any atom is -0.871 e. The van der Waals surface area contributed by atoms with Gasteiger partial charge in [0.25, 0.3) is 10.1 Å². The van der Waals surface area contributed by atoms with Gasteiger partial charge in [-0.15, -0.1) is 10.2 Å². The van der Waals surface area contributed by atoms with Crippen molar-refractivity contribution < 1.29 is 137 Å². The van der Waals surface area contributed by atoms with Gasteiger partial charge in [-0.1, -0.05) is 17.9 Å². The summed E-state index contributed by atoms with van der Waals surface area (Å²) in [4.78, 5) is 9.84. The number of nitrogens with one attached hydrogen (secondary N) is 2. The van der Waals surface area contributed by atoms with Crippen molar-refractivity contribution in [1.82, 2.24) is 15.0 Å². The largest absolute Gasteiger partial charge is 1.00 e. The second-order valence-corrected chi connectivity index (χ2v) is 14.2. The maximum atomic E-state index is 13.3. The molecule has 0 aliphatic rings. The number of hydrogen-bond donors (Lipinski definition) is 3. The molecule has 1 heterocycles. The van der Waals surface area contributed by atoms with E-state index in [0.29, 0.717) is 5.69 Å². The van der Waals surface area contributed by atoms with Gasteiger partial charge in [0.05, 0.1) is 29.1 Å². The minimum absolute atomic E-state index is 0. The molecule has 4 aromatic carbocycles. The fraction of sp³-hybridized carbons (Fsp3) is 0.0741. The summed E-state index contributed by atoms with van der Waals surface area (Å²) < 4.78 is 109. The van der Waals surface area contributed by atoms with Crippen LogP contribution in [-0.4, -0.2) is 61.0 Å². The number of methoxy groups -OCH3 is 1. The van der Waals surface area contributed by atoms with Gasteiger partial charge >= 0.3 is 88.7 Å². The Bertz CT molecular complexity index is 2500. The zero-order chi connectivity index (χ0) is 35.7. The van der Waals surface area contributed by atoms with Crippen molar-refractivity contribution >= 4 is 81.4 Å². The van der Waals surface area contributed by atoms with Crippen molar-refractivity contribution in [1.29, 1.82) is 0 Å². The van der Waals surface area contributed by atoms with Gasteiger partial charge in [0.15, 0.2) is 5.82 Å². The summed E-state index contributed by atoms with van der Waals surface area (Å²) in [6, 6.07) is 13.3. The number of azo groups is 1. The van der Waals surface area contributed by atoms with Crippen molar-refractivity contribution in [2.45, 2.75) is 21.2 Å². The number of nitrogens with zero attached hydrogens (tertiary/aromatic N) is 5. The molecule has 256 valence electrons.